The summed E-state index contributed by atoms with van der Waals surface area (Å²) < 4.78 is 0. The number of carbonyl (C=O) groups is 1. The summed E-state index contributed by atoms with van der Waals surface area (Å²) in [5, 5.41) is 7.72. The molecule has 7 heteroatoms. The molecule has 0 spiro atoms. The zero-order valence-corrected chi connectivity index (χ0v) is 9.25. The summed E-state index contributed by atoms with van der Waals surface area (Å²) in [6.07, 6.45) is 10.1. The normalized spacial score (nSPS) is 4.70. The predicted molar refractivity (Wildman–Crippen MR) is 42.6 cm³/mol. The second kappa shape index (κ2) is 22.5. The van der Waals surface area contributed by atoms with Gasteiger partial charge in [-0.15, -0.1) is 0 Å². The Morgan fingerprint density at radius 1 is 1.50 bits per heavy atom. The van der Waals surface area contributed by atoms with Gasteiger partial charge in [-0.05, 0) is 0 Å². The predicted octanol–water partition coefficient (Wildman–Crippen LogP) is -0.170. The Morgan fingerprint density at radius 2 is 1.60 bits per heavy atom. The molecule has 0 bridgehead atoms. The van der Waals surface area contributed by atoms with E-state index in [1.807, 2.05) is 0 Å². The molecule has 4 nitrogen and oxygen atoms in total. The number of rotatable bonds is 1. The van der Waals surface area contributed by atoms with Crippen molar-refractivity contribution in [2.24, 2.45) is 0 Å². The quantitative estimate of drug-likeness (QED) is 0.621. The summed E-state index contributed by atoms with van der Waals surface area (Å²) in [4.78, 5) is 9.37. The molecule has 0 fully saturated rings. The molecule has 0 radical (unpaired) electrons. The minimum absolute atomic E-state index is 0. The molecule has 0 aliphatic heterocycles. The Balaban J connectivity index is -0.0000000326. The first-order valence-corrected chi connectivity index (χ1v) is 8.10. The van der Waals surface area contributed by atoms with E-state index in [0.717, 1.165) is 0 Å². The molecule has 0 saturated carbocycles. The van der Waals surface area contributed by atoms with Crippen LogP contribution in [-0.2, 0) is 4.79 Å². The van der Waals surface area contributed by atoms with Crippen LogP contribution in [0, 0.1) is 0 Å². The molecule has 5 N–H and O–H groups in total. The average Bonchev–Trinajstić information content (AvgIpc) is 1.69. The van der Waals surface area contributed by atoms with E-state index in [1.165, 1.54) is 0 Å². The molecule has 0 aliphatic carbocycles. The first kappa shape index (κ1) is 22.5. The number of carboxylic acids is 1. The molecule has 0 rings (SSSR count). The van der Waals surface area contributed by atoms with Crippen molar-refractivity contribution in [2.75, 3.05) is 0 Å². The van der Waals surface area contributed by atoms with E-state index in [1.54, 1.807) is 6.92 Å². The average molecular weight is 221 g/mol. The van der Waals surface area contributed by atoms with Gasteiger partial charge in [-0.1, -0.05) is 6.92 Å². The molecular formula is C3H10CaCl2O4. The van der Waals surface area contributed by atoms with Gasteiger partial charge >= 0.3 is 49.6 Å². The van der Waals surface area contributed by atoms with Crippen LogP contribution in [0.25, 0.3) is 0 Å². The third kappa shape index (κ3) is 59.9. The van der Waals surface area contributed by atoms with E-state index in [-0.39, 0.29) is 17.4 Å². The van der Waals surface area contributed by atoms with Gasteiger partial charge in [0.25, 0.3) is 0 Å². The van der Waals surface area contributed by atoms with Crippen molar-refractivity contribution in [2.45, 2.75) is 13.3 Å². The molecule has 0 aliphatic rings. The summed E-state index contributed by atoms with van der Waals surface area (Å²) in [6.45, 7) is 1.60. The number of hydrogen-bond acceptors (Lipinski definition) is 1. The van der Waals surface area contributed by atoms with Crippen LogP contribution in [0.1, 0.15) is 13.3 Å². The molecule has 0 unspecified atom stereocenters. The van der Waals surface area contributed by atoms with Gasteiger partial charge in [0.2, 0.25) is 0 Å². The van der Waals surface area contributed by atoms with Gasteiger partial charge in [0.15, 0.2) is 0 Å². The molecule has 0 atom stereocenters. The number of halogens is 2. The molecule has 0 aromatic rings. The molecule has 0 amide bonds. The standard InChI is InChI=1S/C3H6O2.Ca.2ClH.2H2O/c1-2-3(4)5;;;;;/h2H2,1H3,(H,4,5);;2*1H;2*1H2/q;+2;;;;/p-2. The Bertz CT molecular complexity index is 62.5. The second-order valence-corrected chi connectivity index (χ2v) is 4.50. The minimum atomic E-state index is -0.931. The first-order valence-electron chi connectivity index (χ1n) is 2.02. The van der Waals surface area contributed by atoms with Crippen molar-refractivity contribution >= 4 is 49.6 Å². The number of hydrogen-bond donors (Lipinski definition) is 1. The SMILES string of the molecule is CCC(=O)O.O.O.[Cl][Ca][Cl]. The monoisotopic (exact) mass is 220 g/mol. The van der Waals surface area contributed by atoms with E-state index in [4.69, 9.17) is 17.9 Å². The van der Waals surface area contributed by atoms with E-state index in [2.05, 4.69) is 0 Å². The van der Waals surface area contributed by atoms with Crippen LogP contribution in [-0.4, -0.2) is 52.9 Å². The van der Waals surface area contributed by atoms with E-state index in [0.29, 0.717) is 0 Å². The molecule has 62 valence electrons. The van der Waals surface area contributed by atoms with Gasteiger partial charge in [-0.25, -0.2) is 0 Å². The van der Waals surface area contributed by atoms with Crippen molar-refractivity contribution in [1.82, 2.24) is 0 Å². The summed E-state index contributed by atoms with van der Waals surface area (Å²) in [5.41, 5.74) is 0. The van der Waals surface area contributed by atoms with Gasteiger partial charge < -0.3 is 16.1 Å². The Labute approximate surface area is 82.9 Å². The van der Waals surface area contributed by atoms with Crippen LogP contribution >= 0.6 is 12.8 Å². The van der Waals surface area contributed by atoms with Gasteiger partial charge in [0.1, 0.15) is 0 Å². The Hall–Kier alpha value is 1.23. The molecule has 0 heterocycles. The van der Waals surface area contributed by atoms with E-state index in [9.17, 15) is 4.79 Å². The fraction of sp³-hybridized carbons (Fsp3) is 0.667. The fourth-order valence-electron chi connectivity index (χ4n) is 0. The van der Waals surface area contributed by atoms with Crippen LogP contribution in [0.2, 0.25) is 0 Å². The van der Waals surface area contributed by atoms with Crippen molar-refractivity contribution < 1.29 is 20.9 Å². The van der Waals surface area contributed by atoms with Crippen molar-refractivity contribution in [3.05, 3.63) is 0 Å². The summed E-state index contributed by atoms with van der Waals surface area (Å²) >= 11 is -0.931. The summed E-state index contributed by atoms with van der Waals surface area (Å²) in [7, 11) is 0. The van der Waals surface area contributed by atoms with Crippen molar-refractivity contribution in [3.8, 4) is 0 Å². The zero-order chi connectivity index (χ0) is 6.99. The molecule has 0 saturated heterocycles. The Kier molecular flexibility index (Phi) is 50.5. The summed E-state index contributed by atoms with van der Waals surface area (Å²) in [6, 6.07) is 0. The number of aliphatic carboxylic acids is 1. The third-order valence-corrected chi connectivity index (χ3v) is 0.302. The molecule has 0 aromatic heterocycles. The van der Waals surface area contributed by atoms with E-state index >= 15 is 0 Å². The fourth-order valence-corrected chi connectivity index (χ4v) is 0. The maximum absolute atomic E-state index is 9.37. The van der Waals surface area contributed by atoms with Crippen LogP contribution in [0.15, 0.2) is 0 Å². The van der Waals surface area contributed by atoms with E-state index < -0.39 is 36.8 Å². The Morgan fingerprint density at radius 3 is 1.60 bits per heavy atom. The van der Waals surface area contributed by atoms with Gasteiger partial charge in [-0.3, -0.25) is 4.79 Å². The maximum atomic E-state index is 9.37. The first-order chi connectivity index (χ1) is 3.68. The van der Waals surface area contributed by atoms with Crippen LogP contribution < -0.4 is 0 Å². The van der Waals surface area contributed by atoms with Crippen LogP contribution in [0.3, 0.4) is 0 Å². The van der Waals surface area contributed by atoms with Crippen LogP contribution in [0.5, 0.6) is 0 Å². The molecular weight excluding hydrogens is 211 g/mol. The van der Waals surface area contributed by atoms with Gasteiger partial charge in [-0.2, -0.15) is 0 Å². The second-order valence-electron chi connectivity index (χ2n) is 0.848. The van der Waals surface area contributed by atoms with Crippen molar-refractivity contribution in [3.63, 3.8) is 0 Å². The molecule has 10 heavy (non-hydrogen) atoms. The van der Waals surface area contributed by atoms with Gasteiger partial charge in [0.05, 0.1) is 0 Å². The van der Waals surface area contributed by atoms with Gasteiger partial charge in [0, 0.05) is 6.42 Å². The number of carboxylic acid groups (broad SMARTS) is 1. The van der Waals surface area contributed by atoms with Crippen molar-refractivity contribution in [1.29, 1.82) is 0 Å². The molecule has 0 aromatic carbocycles. The topological polar surface area (TPSA) is 100 Å². The summed E-state index contributed by atoms with van der Waals surface area (Å²) in [5.74, 6) is -0.745. The zero-order valence-electron chi connectivity index (χ0n) is 5.53. The van der Waals surface area contributed by atoms with Crippen LogP contribution in [0.4, 0.5) is 0 Å². The third-order valence-electron chi connectivity index (χ3n) is 0.302.